The van der Waals surface area contributed by atoms with E-state index in [2.05, 4.69) is 37.1 Å². The van der Waals surface area contributed by atoms with Crippen molar-refractivity contribution in [2.75, 3.05) is 18.5 Å². The van der Waals surface area contributed by atoms with E-state index in [0.717, 1.165) is 30.6 Å². The number of hydrogen-bond donors (Lipinski definition) is 0. The number of benzene rings is 1. The third kappa shape index (κ3) is 1.89. The van der Waals surface area contributed by atoms with Crippen LogP contribution in [-0.2, 0) is 6.42 Å². The first-order chi connectivity index (χ1) is 7.22. The fourth-order valence-electron chi connectivity index (χ4n) is 2.09. The fourth-order valence-corrected chi connectivity index (χ4v) is 2.09. The van der Waals surface area contributed by atoms with Gasteiger partial charge in [-0.3, -0.25) is 4.79 Å². The zero-order valence-electron chi connectivity index (χ0n) is 9.42. The minimum Gasteiger partial charge on any atom is -0.374 e. The minimum absolute atomic E-state index is 0.296. The predicted octanol–water partition coefficient (Wildman–Crippen LogP) is 2.66. The SMILES string of the molecule is CCc1ccc2c(c1)C(=O)CCCN2C. The quantitative estimate of drug-likeness (QED) is 0.699. The van der Waals surface area contributed by atoms with Gasteiger partial charge in [0.15, 0.2) is 5.78 Å². The average Bonchev–Trinajstić information content (AvgIpc) is 2.40. The molecule has 0 saturated heterocycles. The van der Waals surface area contributed by atoms with Crippen molar-refractivity contribution in [2.45, 2.75) is 26.2 Å². The van der Waals surface area contributed by atoms with E-state index in [1.54, 1.807) is 0 Å². The molecule has 1 aliphatic rings. The summed E-state index contributed by atoms with van der Waals surface area (Å²) in [6, 6.07) is 6.25. The lowest BCUT2D eigenvalue weighted by atomic mass is 10.0. The second-order valence-corrected chi connectivity index (χ2v) is 4.15. The maximum atomic E-state index is 11.9. The van der Waals surface area contributed by atoms with Gasteiger partial charge in [-0.15, -0.1) is 0 Å². The molecule has 2 rings (SSSR count). The average molecular weight is 203 g/mol. The summed E-state index contributed by atoms with van der Waals surface area (Å²) < 4.78 is 0. The Morgan fingerprint density at radius 3 is 2.93 bits per heavy atom. The summed E-state index contributed by atoms with van der Waals surface area (Å²) in [5.74, 6) is 0.296. The van der Waals surface area contributed by atoms with Crippen LogP contribution in [0.1, 0.15) is 35.7 Å². The second-order valence-electron chi connectivity index (χ2n) is 4.15. The molecule has 0 unspecified atom stereocenters. The lowest BCUT2D eigenvalue weighted by Gasteiger charge is -2.18. The zero-order valence-corrected chi connectivity index (χ0v) is 9.42. The maximum absolute atomic E-state index is 11.9. The van der Waals surface area contributed by atoms with E-state index in [-0.39, 0.29) is 0 Å². The van der Waals surface area contributed by atoms with Crippen LogP contribution in [0.5, 0.6) is 0 Å². The summed E-state index contributed by atoms with van der Waals surface area (Å²) in [5.41, 5.74) is 3.25. The van der Waals surface area contributed by atoms with Crippen LogP contribution in [0.4, 0.5) is 5.69 Å². The molecule has 0 aliphatic carbocycles. The molecule has 0 aromatic heterocycles. The highest BCUT2D eigenvalue weighted by Gasteiger charge is 2.18. The highest BCUT2D eigenvalue weighted by atomic mass is 16.1. The second kappa shape index (κ2) is 4.05. The number of ketones is 1. The van der Waals surface area contributed by atoms with Crippen molar-refractivity contribution in [2.24, 2.45) is 0 Å². The molecule has 0 amide bonds. The van der Waals surface area contributed by atoms with Gasteiger partial charge in [-0.1, -0.05) is 13.0 Å². The van der Waals surface area contributed by atoms with Crippen molar-refractivity contribution in [3.63, 3.8) is 0 Å². The van der Waals surface area contributed by atoms with Crippen LogP contribution in [0.3, 0.4) is 0 Å². The molecule has 0 saturated carbocycles. The van der Waals surface area contributed by atoms with Crippen LogP contribution in [0.2, 0.25) is 0 Å². The molecule has 2 nitrogen and oxygen atoms in total. The third-order valence-corrected chi connectivity index (χ3v) is 3.08. The molecule has 0 N–H and O–H groups in total. The molecule has 1 aromatic rings. The summed E-state index contributed by atoms with van der Waals surface area (Å²) in [6.07, 6.45) is 2.64. The molecule has 80 valence electrons. The molecule has 2 heteroatoms. The van der Waals surface area contributed by atoms with E-state index in [1.165, 1.54) is 5.56 Å². The standard InChI is InChI=1S/C13H17NO/c1-3-10-6-7-12-11(9-10)13(15)5-4-8-14(12)2/h6-7,9H,3-5,8H2,1-2H3. The van der Waals surface area contributed by atoms with Crippen LogP contribution < -0.4 is 4.90 Å². The van der Waals surface area contributed by atoms with E-state index in [4.69, 9.17) is 0 Å². The Labute approximate surface area is 90.9 Å². The summed E-state index contributed by atoms with van der Waals surface area (Å²) in [5, 5.41) is 0. The Balaban J connectivity index is 2.50. The lowest BCUT2D eigenvalue weighted by Crippen LogP contribution is -2.17. The molecule has 1 aliphatic heterocycles. The van der Waals surface area contributed by atoms with Crippen LogP contribution >= 0.6 is 0 Å². The summed E-state index contributed by atoms with van der Waals surface area (Å²) in [6.45, 7) is 3.09. The highest BCUT2D eigenvalue weighted by molar-refractivity contribution is 6.02. The number of Topliss-reactive ketones (excluding diaryl/α,β-unsaturated/α-hetero) is 1. The molecule has 1 aromatic carbocycles. The largest absolute Gasteiger partial charge is 0.374 e. The zero-order chi connectivity index (χ0) is 10.8. The van der Waals surface area contributed by atoms with E-state index in [1.807, 2.05) is 0 Å². The highest BCUT2D eigenvalue weighted by Crippen LogP contribution is 2.26. The van der Waals surface area contributed by atoms with E-state index < -0.39 is 0 Å². The Morgan fingerprint density at radius 2 is 2.20 bits per heavy atom. The first-order valence-corrected chi connectivity index (χ1v) is 5.59. The van der Waals surface area contributed by atoms with Gasteiger partial charge in [-0.2, -0.15) is 0 Å². The summed E-state index contributed by atoms with van der Waals surface area (Å²) in [7, 11) is 2.06. The van der Waals surface area contributed by atoms with Crippen molar-refractivity contribution < 1.29 is 4.79 Å². The third-order valence-electron chi connectivity index (χ3n) is 3.08. The van der Waals surface area contributed by atoms with E-state index in [9.17, 15) is 4.79 Å². The number of nitrogens with zero attached hydrogens (tertiary/aromatic N) is 1. The Kier molecular flexibility index (Phi) is 2.76. The van der Waals surface area contributed by atoms with E-state index in [0.29, 0.717) is 12.2 Å². The van der Waals surface area contributed by atoms with Crippen molar-refractivity contribution in [3.8, 4) is 0 Å². The van der Waals surface area contributed by atoms with Crippen molar-refractivity contribution in [1.29, 1.82) is 0 Å². The Bertz CT molecular complexity index is 384. The van der Waals surface area contributed by atoms with Crippen molar-refractivity contribution in [3.05, 3.63) is 29.3 Å². The predicted molar refractivity (Wildman–Crippen MR) is 62.7 cm³/mol. The molecule has 0 atom stereocenters. The van der Waals surface area contributed by atoms with Gasteiger partial charge in [0.2, 0.25) is 0 Å². The molecular formula is C13H17NO. The molecule has 0 bridgehead atoms. The maximum Gasteiger partial charge on any atom is 0.165 e. The van der Waals surface area contributed by atoms with Crippen LogP contribution in [0, 0.1) is 0 Å². The van der Waals surface area contributed by atoms with Gasteiger partial charge < -0.3 is 4.90 Å². The Hall–Kier alpha value is -1.31. The van der Waals surface area contributed by atoms with Gasteiger partial charge in [0, 0.05) is 31.3 Å². The van der Waals surface area contributed by atoms with Crippen LogP contribution in [0.15, 0.2) is 18.2 Å². The summed E-state index contributed by atoms with van der Waals surface area (Å²) in [4.78, 5) is 14.1. The van der Waals surface area contributed by atoms with Gasteiger partial charge >= 0.3 is 0 Å². The fraction of sp³-hybridized carbons (Fsp3) is 0.462. The van der Waals surface area contributed by atoms with Gasteiger partial charge in [0.25, 0.3) is 0 Å². The van der Waals surface area contributed by atoms with Crippen molar-refractivity contribution in [1.82, 2.24) is 0 Å². The smallest absolute Gasteiger partial charge is 0.165 e. The molecular weight excluding hydrogens is 186 g/mol. The number of carbonyl (C=O) groups excluding carboxylic acids is 1. The number of hydrogen-bond acceptors (Lipinski definition) is 2. The van der Waals surface area contributed by atoms with Gasteiger partial charge in [0.05, 0.1) is 0 Å². The number of aryl methyl sites for hydroxylation is 1. The van der Waals surface area contributed by atoms with Gasteiger partial charge in [-0.05, 0) is 30.5 Å². The first-order valence-electron chi connectivity index (χ1n) is 5.59. The molecule has 0 radical (unpaired) electrons. The molecule has 0 spiro atoms. The normalized spacial score (nSPS) is 16.1. The van der Waals surface area contributed by atoms with E-state index >= 15 is 0 Å². The number of carbonyl (C=O) groups is 1. The van der Waals surface area contributed by atoms with Crippen LogP contribution in [-0.4, -0.2) is 19.4 Å². The van der Waals surface area contributed by atoms with Gasteiger partial charge in [-0.25, -0.2) is 0 Å². The monoisotopic (exact) mass is 203 g/mol. The van der Waals surface area contributed by atoms with Crippen LogP contribution in [0.25, 0.3) is 0 Å². The number of fused-ring (bicyclic) bond motifs is 1. The summed E-state index contributed by atoms with van der Waals surface area (Å²) >= 11 is 0. The first kappa shape index (κ1) is 10.2. The Morgan fingerprint density at radius 1 is 1.40 bits per heavy atom. The number of anilines is 1. The number of rotatable bonds is 1. The topological polar surface area (TPSA) is 20.3 Å². The van der Waals surface area contributed by atoms with Gasteiger partial charge in [0.1, 0.15) is 0 Å². The molecule has 1 heterocycles. The minimum atomic E-state index is 0.296. The lowest BCUT2D eigenvalue weighted by molar-refractivity contribution is 0.0983. The van der Waals surface area contributed by atoms with Crippen molar-refractivity contribution >= 4 is 11.5 Å². The molecule has 0 fully saturated rings. The molecule has 15 heavy (non-hydrogen) atoms.